The van der Waals surface area contributed by atoms with Crippen LogP contribution in [0.3, 0.4) is 0 Å². The number of carbonyl (C=O) groups excluding carboxylic acids is 1. The van der Waals surface area contributed by atoms with E-state index >= 15 is 0 Å². The Bertz CT molecular complexity index is 1440. The van der Waals surface area contributed by atoms with Crippen molar-refractivity contribution in [3.05, 3.63) is 87.8 Å². The van der Waals surface area contributed by atoms with Gasteiger partial charge in [0.1, 0.15) is 16.8 Å². The fourth-order valence-corrected chi connectivity index (χ4v) is 3.44. The van der Waals surface area contributed by atoms with Crippen LogP contribution in [0, 0.1) is 5.41 Å². The van der Waals surface area contributed by atoms with Crippen molar-refractivity contribution in [3.63, 3.8) is 0 Å². The molecule has 0 spiro atoms. The van der Waals surface area contributed by atoms with Gasteiger partial charge in [-0.05, 0) is 30.2 Å². The third-order valence-electron chi connectivity index (χ3n) is 4.93. The molecule has 0 unspecified atom stereocenters. The largest absolute Gasteiger partial charge is 0.481 e. The summed E-state index contributed by atoms with van der Waals surface area (Å²) in [5, 5.41) is 28.4. The first kappa shape index (κ1) is 24.3. The molecule has 3 aromatic heterocycles. The summed E-state index contributed by atoms with van der Waals surface area (Å²) in [4.78, 5) is 39.3. The van der Waals surface area contributed by atoms with Crippen molar-refractivity contribution >= 4 is 28.6 Å². The first-order valence-corrected chi connectivity index (χ1v) is 10.6. The molecule has 0 aliphatic heterocycles. The minimum Gasteiger partial charge on any atom is -0.481 e. The number of rotatable bonds is 6. The van der Waals surface area contributed by atoms with E-state index in [-0.39, 0.29) is 40.8 Å². The van der Waals surface area contributed by atoms with Gasteiger partial charge < -0.3 is 20.1 Å². The van der Waals surface area contributed by atoms with Gasteiger partial charge in [-0.1, -0.05) is 36.4 Å². The van der Waals surface area contributed by atoms with E-state index in [1.807, 2.05) is 30.3 Å². The zero-order valence-corrected chi connectivity index (χ0v) is 18.6. The molecule has 1 amide bonds. The summed E-state index contributed by atoms with van der Waals surface area (Å²) in [6, 6.07) is 16.3. The van der Waals surface area contributed by atoms with Crippen LogP contribution in [0.4, 0.5) is 0 Å². The molecule has 4 rings (SSSR count). The molecule has 0 radical (unpaired) electrons. The smallest absolute Gasteiger partial charge is 0.300 e. The maximum Gasteiger partial charge on any atom is 0.300 e. The van der Waals surface area contributed by atoms with Crippen molar-refractivity contribution in [1.29, 1.82) is 5.41 Å². The van der Waals surface area contributed by atoms with Gasteiger partial charge in [0.15, 0.2) is 0 Å². The zero-order chi connectivity index (χ0) is 24.7. The fraction of sp³-hybridized carbons (Fsp3) is 0.208. The Morgan fingerprint density at radius 1 is 1.12 bits per heavy atom. The molecule has 0 aliphatic rings. The van der Waals surface area contributed by atoms with E-state index in [2.05, 4.69) is 10.3 Å². The summed E-state index contributed by atoms with van der Waals surface area (Å²) in [7, 11) is 0. The lowest BCUT2D eigenvalue weighted by molar-refractivity contribution is -0.134. The lowest BCUT2D eigenvalue weighted by Crippen LogP contribution is -2.36. The van der Waals surface area contributed by atoms with Crippen LogP contribution in [-0.2, 0) is 17.8 Å². The number of fused-ring (bicyclic) bond motifs is 2. The molecule has 0 aliphatic carbocycles. The number of aliphatic hydroxyl groups excluding tert-OH is 1. The number of amides is 1. The standard InChI is InChI=1S/C22H21N5O3.C2H4O2/c23-19-16(21(29)24-10-9-15-6-2-1-3-7-15)14-17-20(27(19)12-13-28)25-18-8-4-5-11-26(18)22(17)30;1-2(3)4/h1-8,11,14,23,28H,9-10,12-13H2,(H,24,29);1H3,(H,3,4). The fourth-order valence-electron chi connectivity index (χ4n) is 3.44. The molecular weight excluding hydrogens is 438 g/mol. The van der Waals surface area contributed by atoms with Crippen molar-refractivity contribution in [2.45, 2.75) is 19.9 Å². The van der Waals surface area contributed by atoms with Gasteiger partial charge in [-0.2, -0.15) is 0 Å². The molecule has 176 valence electrons. The van der Waals surface area contributed by atoms with Gasteiger partial charge in [0.2, 0.25) is 0 Å². The average Bonchev–Trinajstić information content (AvgIpc) is 2.81. The van der Waals surface area contributed by atoms with Crippen molar-refractivity contribution < 1.29 is 19.8 Å². The number of hydrogen-bond acceptors (Lipinski definition) is 6. The lowest BCUT2D eigenvalue weighted by atomic mass is 10.1. The second-order valence-corrected chi connectivity index (χ2v) is 7.38. The molecule has 10 nitrogen and oxygen atoms in total. The highest BCUT2D eigenvalue weighted by atomic mass is 16.4. The zero-order valence-electron chi connectivity index (χ0n) is 18.6. The van der Waals surface area contributed by atoms with E-state index in [0.717, 1.165) is 12.5 Å². The first-order chi connectivity index (χ1) is 16.3. The molecule has 0 fully saturated rings. The van der Waals surface area contributed by atoms with Crippen LogP contribution >= 0.6 is 0 Å². The van der Waals surface area contributed by atoms with Crippen molar-refractivity contribution in [2.75, 3.05) is 13.2 Å². The van der Waals surface area contributed by atoms with E-state index < -0.39 is 11.9 Å². The number of nitrogens with zero attached hydrogens (tertiary/aromatic N) is 3. The predicted octanol–water partition coefficient (Wildman–Crippen LogP) is 1.18. The van der Waals surface area contributed by atoms with Crippen molar-refractivity contribution in [2.24, 2.45) is 0 Å². The molecule has 4 N–H and O–H groups in total. The highest BCUT2D eigenvalue weighted by Crippen LogP contribution is 2.10. The van der Waals surface area contributed by atoms with Crippen LogP contribution in [-0.4, -0.2) is 49.2 Å². The number of aromatic nitrogens is 3. The summed E-state index contributed by atoms with van der Waals surface area (Å²) < 4.78 is 2.79. The van der Waals surface area contributed by atoms with Crippen LogP contribution in [0.25, 0.3) is 16.7 Å². The molecule has 0 atom stereocenters. The molecule has 10 heteroatoms. The molecule has 0 saturated carbocycles. The summed E-state index contributed by atoms with van der Waals surface area (Å²) >= 11 is 0. The van der Waals surface area contributed by atoms with Gasteiger partial charge in [0.05, 0.1) is 17.6 Å². The minimum atomic E-state index is -0.833. The summed E-state index contributed by atoms with van der Waals surface area (Å²) in [6.07, 6.45) is 2.26. The lowest BCUT2D eigenvalue weighted by Gasteiger charge is -2.14. The van der Waals surface area contributed by atoms with Gasteiger partial charge in [-0.25, -0.2) is 4.98 Å². The third-order valence-corrected chi connectivity index (χ3v) is 4.93. The molecule has 3 heterocycles. The van der Waals surface area contributed by atoms with Crippen LogP contribution < -0.4 is 16.4 Å². The van der Waals surface area contributed by atoms with Crippen LogP contribution in [0.2, 0.25) is 0 Å². The summed E-state index contributed by atoms with van der Waals surface area (Å²) in [5.74, 6) is -1.28. The van der Waals surface area contributed by atoms with Crippen LogP contribution in [0.5, 0.6) is 0 Å². The Labute approximate surface area is 194 Å². The number of hydrogen-bond donors (Lipinski definition) is 4. The van der Waals surface area contributed by atoms with E-state index in [1.54, 1.807) is 24.4 Å². The number of pyridine rings is 2. The Balaban J connectivity index is 0.000000751. The van der Waals surface area contributed by atoms with Gasteiger partial charge in [0, 0.05) is 26.2 Å². The number of carboxylic acids is 1. The molecule has 4 aromatic rings. The number of carbonyl (C=O) groups is 2. The van der Waals surface area contributed by atoms with E-state index in [4.69, 9.17) is 15.3 Å². The molecule has 34 heavy (non-hydrogen) atoms. The third kappa shape index (κ3) is 5.54. The monoisotopic (exact) mass is 463 g/mol. The highest BCUT2D eigenvalue weighted by Gasteiger charge is 2.17. The molecule has 1 aromatic carbocycles. The Kier molecular flexibility index (Phi) is 7.88. The highest BCUT2D eigenvalue weighted by molar-refractivity contribution is 5.96. The second kappa shape index (κ2) is 11.0. The molecular formula is C24H25N5O5. The van der Waals surface area contributed by atoms with Gasteiger partial charge in [-0.3, -0.25) is 24.2 Å². The van der Waals surface area contributed by atoms with Crippen molar-refractivity contribution in [1.82, 2.24) is 19.3 Å². The number of aliphatic carboxylic acids is 1. The van der Waals surface area contributed by atoms with Crippen LogP contribution in [0.15, 0.2) is 65.6 Å². The number of nitrogens with one attached hydrogen (secondary N) is 2. The van der Waals surface area contributed by atoms with Gasteiger partial charge >= 0.3 is 0 Å². The van der Waals surface area contributed by atoms with Crippen LogP contribution in [0.1, 0.15) is 22.8 Å². The molecule has 0 bridgehead atoms. The normalized spacial score (nSPS) is 10.5. The predicted molar refractivity (Wildman–Crippen MR) is 126 cm³/mol. The average molecular weight is 463 g/mol. The summed E-state index contributed by atoms with van der Waals surface area (Å²) in [6.45, 7) is 1.28. The maximum absolute atomic E-state index is 13.0. The Morgan fingerprint density at radius 2 is 1.79 bits per heavy atom. The van der Waals surface area contributed by atoms with Gasteiger partial charge in [-0.15, -0.1) is 0 Å². The topological polar surface area (TPSA) is 150 Å². The molecule has 0 saturated heterocycles. The number of aliphatic hydroxyl groups is 1. The quantitative estimate of drug-likeness (QED) is 0.316. The Morgan fingerprint density at radius 3 is 2.47 bits per heavy atom. The van der Waals surface area contributed by atoms with Gasteiger partial charge in [0.25, 0.3) is 17.4 Å². The van der Waals surface area contributed by atoms with E-state index in [9.17, 15) is 14.7 Å². The van der Waals surface area contributed by atoms with E-state index in [0.29, 0.717) is 18.6 Å². The number of carboxylic acid groups (broad SMARTS) is 1. The number of benzene rings is 1. The summed E-state index contributed by atoms with van der Waals surface area (Å²) in [5.41, 5.74) is 1.43. The maximum atomic E-state index is 13.0. The minimum absolute atomic E-state index is 0.0515. The SMILES string of the molecule is CC(=O)O.N=c1c(C(=O)NCCc2ccccc2)cc2c(=O)n3ccccc3nc2n1CCO. The Hall–Kier alpha value is -4.31. The van der Waals surface area contributed by atoms with E-state index in [1.165, 1.54) is 15.0 Å². The second-order valence-electron chi connectivity index (χ2n) is 7.38. The first-order valence-electron chi connectivity index (χ1n) is 10.6. The van der Waals surface area contributed by atoms with Crippen molar-refractivity contribution in [3.8, 4) is 0 Å².